The molecule has 0 spiro atoms. The van der Waals surface area contributed by atoms with Crippen LogP contribution in [0, 0.1) is 0 Å². The van der Waals surface area contributed by atoms with Crippen LogP contribution < -0.4 is 20.7 Å². The third-order valence-corrected chi connectivity index (χ3v) is 13.1. The molecule has 0 saturated carbocycles. The molecule has 0 N–H and O–H groups in total. The molecular formula is C23H24N2O2P2S. The molecule has 0 aliphatic carbocycles. The summed E-state index contributed by atoms with van der Waals surface area (Å²) in [7, 11) is 0.726. The van der Waals surface area contributed by atoms with Gasteiger partial charge in [0.05, 0.1) is 19.0 Å². The predicted octanol–water partition coefficient (Wildman–Crippen LogP) is 4.03. The average Bonchev–Trinajstić information content (AvgIpc) is 3.08. The average molecular weight is 454 g/mol. The van der Waals surface area contributed by atoms with Crippen LogP contribution in [-0.4, -0.2) is 37.0 Å². The summed E-state index contributed by atoms with van der Waals surface area (Å²) in [6.07, 6.45) is -1.02. The molecule has 0 aromatic heterocycles. The van der Waals surface area contributed by atoms with Gasteiger partial charge in [0.2, 0.25) is 0 Å². The van der Waals surface area contributed by atoms with Crippen molar-refractivity contribution in [3.8, 4) is 5.75 Å². The summed E-state index contributed by atoms with van der Waals surface area (Å²) in [5.41, 5.74) is 0.910. The summed E-state index contributed by atoms with van der Waals surface area (Å²) >= 11 is 6.13. The van der Waals surface area contributed by atoms with Gasteiger partial charge < -0.3 is 9.30 Å². The Morgan fingerprint density at radius 2 is 1.50 bits per heavy atom. The van der Waals surface area contributed by atoms with Crippen molar-refractivity contribution in [1.82, 2.24) is 4.78 Å². The fraction of sp³-hybridized carbons (Fsp3) is 0.174. The van der Waals surface area contributed by atoms with E-state index in [2.05, 4.69) is 0 Å². The van der Waals surface area contributed by atoms with Crippen LogP contribution in [0.15, 0.2) is 90.0 Å². The molecule has 154 valence electrons. The van der Waals surface area contributed by atoms with Gasteiger partial charge >= 0.3 is 0 Å². The lowest BCUT2D eigenvalue weighted by atomic mass is 10.3. The van der Waals surface area contributed by atoms with Gasteiger partial charge in [0.1, 0.15) is 12.9 Å². The van der Waals surface area contributed by atoms with Crippen LogP contribution in [0.4, 0.5) is 0 Å². The fourth-order valence-electron chi connectivity index (χ4n) is 3.74. The normalized spacial score (nSPS) is 18.9. The third-order valence-electron chi connectivity index (χ3n) is 5.38. The fourth-order valence-corrected chi connectivity index (χ4v) is 9.77. The summed E-state index contributed by atoms with van der Waals surface area (Å²) in [5, 5.41) is 7.59. The van der Waals surface area contributed by atoms with Gasteiger partial charge in [-0.3, -0.25) is 4.78 Å². The lowest BCUT2D eigenvalue weighted by Crippen LogP contribution is -2.23. The zero-order valence-corrected chi connectivity index (χ0v) is 19.6. The first kappa shape index (κ1) is 21.1. The first-order valence-corrected chi connectivity index (χ1v) is 14.5. The second-order valence-corrected chi connectivity index (χ2v) is 14.7. The van der Waals surface area contributed by atoms with Crippen molar-refractivity contribution in [3.05, 3.63) is 84.9 Å². The summed E-state index contributed by atoms with van der Waals surface area (Å²) < 4.78 is 21.6. The SMILES string of the molecule is COc1ccc(P2(=S)CC(CP(=O)(c3ccccc3)c3ccccc3)=NN2C)cc1. The maximum Gasteiger partial charge on any atom is 0.148 e. The molecule has 0 bridgehead atoms. The predicted molar refractivity (Wildman–Crippen MR) is 132 cm³/mol. The molecule has 1 aliphatic rings. The number of methoxy groups -OCH3 is 1. The van der Waals surface area contributed by atoms with Crippen LogP contribution in [0.5, 0.6) is 5.75 Å². The van der Waals surface area contributed by atoms with Crippen molar-refractivity contribution in [2.24, 2.45) is 5.10 Å². The van der Waals surface area contributed by atoms with Crippen LogP contribution in [0.2, 0.25) is 0 Å². The monoisotopic (exact) mass is 454 g/mol. The second-order valence-electron chi connectivity index (χ2n) is 7.28. The van der Waals surface area contributed by atoms with E-state index in [4.69, 9.17) is 21.6 Å². The van der Waals surface area contributed by atoms with Crippen LogP contribution in [-0.2, 0) is 16.4 Å². The highest BCUT2D eigenvalue weighted by Crippen LogP contribution is 2.54. The van der Waals surface area contributed by atoms with E-state index in [-0.39, 0.29) is 0 Å². The van der Waals surface area contributed by atoms with Gasteiger partial charge in [0, 0.05) is 35.3 Å². The number of benzene rings is 3. The molecular weight excluding hydrogens is 430 g/mol. The van der Waals surface area contributed by atoms with Gasteiger partial charge in [-0.05, 0) is 24.3 Å². The Morgan fingerprint density at radius 1 is 0.967 bits per heavy atom. The Hall–Kier alpha value is -2.19. The van der Waals surface area contributed by atoms with E-state index in [1.54, 1.807) is 7.11 Å². The van der Waals surface area contributed by atoms with E-state index in [1.165, 1.54) is 0 Å². The number of hydrogen-bond donors (Lipinski definition) is 0. The molecule has 0 radical (unpaired) electrons. The summed E-state index contributed by atoms with van der Waals surface area (Å²) in [6, 6.07) is 27.4. The number of hydrogen-bond acceptors (Lipinski definition) is 4. The van der Waals surface area contributed by atoms with Gasteiger partial charge in [-0.1, -0.05) is 72.5 Å². The van der Waals surface area contributed by atoms with Gasteiger partial charge in [-0.15, -0.1) is 0 Å². The van der Waals surface area contributed by atoms with Crippen LogP contribution >= 0.6 is 13.3 Å². The Bertz CT molecular complexity index is 1110. The lowest BCUT2D eigenvalue weighted by Gasteiger charge is -2.24. The summed E-state index contributed by atoms with van der Waals surface area (Å²) in [6.45, 7) is 0. The minimum Gasteiger partial charge on any atom is -0.497 e. The first-order valence-electron chi connectivity index (χ1n) is 9.70. The van der Waals surface area contributed by atoms with E-state index in [9.17, 15) is 4.57 Å². The van der Waals surface area contributed by atoms with Crippen molar-refractivity contribution < 1.29 is 9.30 Å². The third kappa shape index (κ3) is 3.90. The van der Waals surface area contributed by atoms with Crippen LogP contribution in [0.25, 0.3) is 0 Å². The second kappa shape index (κ2) is 8.51. The Kier molecular flexibility index (Phi) is 5.97. The van der Waals surface area contributed by atoms with E-state index < -0.39 is 13.3 Å². The minimum absolute atomic E-state index is 0.403. The highest BCUT2D eigenvalue weighted by Gasteiger charge is 2.37. The molecule has 3 aromatic rings. The Morgan fingerprint density at radius 3 is 2.00 bits per heavy atom. The van der Waals surface area contributed by atoms with Gasteiger partial charge in [0.25, 0.3) is 0 Å². The standard InChI is InChI=1S/C23H24N2O2P2S/c1-25-24-19(18-29(25,30)23-15-13-20(27-2)14-16-23)17-28(26,21-9-5-3-6-10-21)22-11-7-4-8-12-22/h3-16H,17-18H2,1-2H3. The lowest BCUT2D eigenvalue weighted by molar-refractivity contribution is 0.415. The first-order chi connectivity index (χ1) is 14.5. The van der Waals surface area contributed by atoms with Crippen molar-refractivity contribution in [1.29, 1.82) is 0 Å². The zero-order valence-electron chi connectivity index (χ0n) is 17.0. The molecule has 30 heavy (non-hydrogen) atoms. The smallest absolute Gasteiger partial charge is 0.148 e. The van der Waals surface area contributed by atoms with Crippen molar-refractivity contribution in [2.75, 3.05) is 26.5 Å². The van der Waals surface area contributed by atoms with E-state index in [0.717, 1.165) is 27.4 Å². The molecule has 0 saturated heterocycles. The number of hydrazone groups is 1. The van der Waals surface area contributed by atoms with E-state index >= 15 is 0 Å². The molecule has 1 atom stereocenters. The summed E-state index contributed by atoms with van der Waals surface area (Å²) in [4.78, 5) is 0. The molecule has 3 aromatic carbocycles. The quantitative estimate of drug-likeness (QED) is 0.528. The van der Waals surface area contributed by atoms with Gasteiger partial charge in [-0.2, -0.15) is 5.10 Å². The van der Waals surface area contributed by atoms with Crippen LogP contribution in [0.1, 0.15) is 0 Å². The van der Waals surface area contributed by atoms with E-state index in [1.807, 2.05) is 96.8 Å². The van der Waals surface area contributed by atoms with Crippen molar-refractivity contribution in [2.45, 2.75) is 0 Å². The topological polar surface area (TPSA) is 41.9 Å². The van der Waals surface area contributed by atoms with Gasteiger partial charge in [-0.25, -0.2) is 0 Å². The highest BCUT2D eigenvalue weighted by molar-refractivity contribution is 8.17. The molecule has 1 aliphatic heterocycles. The minimum atomic E-state index is -2.87. The number of rotatable bonds is 6. The van der Waals surface area contributed by atoms with Crippen molar-refractivity contribution >= 4 is 46.8 Å². The number of ether oxygens (including phenoxy) is 1. The van der Waals surface area contributed by atoms with E-state index in [0.29, 0.717) is 12.3 Å². The maximum absolute atomic E-state index is 14.4. The maximum atomic E-state index is 14.4. The molecule has 1 heterocycles. The molecule has 0 amide bonds. The Labute approximate surface area is 183 Å². The molecule has 1 unspecified atom stereocenters. The molecule has 0 fully saturated rings. The molecule has 7 heteroatoms. The zero-order chi connectivity index (χ0) is 21.2. The Balaban J connectivity index is 1.67. The number of nitrogens with zero attached hydrogens (tertiary/aromatic N) is 2. The van der Waals surface area contributed by atoms with Crippen molar-refractivity contribution in [3.63, 3.8) is 0 Å². The highest BCUT2D eigenvalue weighted by atomic mass is 32.4. The largest absolute Gasteiger partial charge is 0.497 e. The summed E-state index contributed by atoms with van der Waals surface area (Å²) in [5.74, 6) is 0.806. The van der Waals surface area contributed by atoms with Crippen LogP contribution in [0.3, 0.4) is 0 Å². The molecule has 4 nitrogen and oxygen atoms in total. The van der Waals surface area contributed by atoms with Gasteiger partial charge in [0.15, 0.2) is 0 Å². The molecule has 4 rings (SSSR count).